The highest BCUT2D eigenvalue weighted by Gasteiger charge is 2.20. The highest BCUT2D eigenvalue weighted by Crippen LogP contribution is 2.33. The van der Waals surface area contributed by atoms with Gasteiger partial charge >= 0.3 is 0 Å². The van der Waals surface area contributed by atoms with Crippen LogP contribution in [0.1, 0.15) is 37.7 Å². The van der Waals surface area contributed by atoms with E-state index < -0.39 is 0 Å². The number of thioether (sulfide) groups is 1. The number of amides is 1. The fourth-order valence-corrected chi connectivity index (χ4v) is 6.28. The minimum atomic E-state index is -0.108. The van der Waals surface area contributed by atoms with Gasteiger partial charge in [-0.2, -0.15) is 0 Å². The smallest absolute Gasteiger partial charge is 0.268 e. The van der Waals surface area contributed by atoms with Crippen LogP contribution in [-0.2, 0) is 4.79 Å². The lowest BCUT2D eigenvalue weighted by Crippen LogP contribution is -2.37. The van der Waals surface area contributed by atoms with Crippen LogP contribution in [-0.4, -0.2) is 27.3 Å². The van der Waals surface area contributed by atoms with Crippen LogP contribution in [0.25, 0.3) is 27.0 Å². The number of nitrogens with one attached hydrogen (secondary N) is 1. The van der Waals surface area contributed by atoms with Crippen molar-refractivity contribution in [2.45, 2.75) is 50.2 Å². The third-order valence-corrected chi connectivity index (χ3v) is 8.07. The van der Waals surface area contributed by atoms with E-state index in [-0.39, 0.29) is 23.3 Å². The molecule has 0 spiro atoms. The lowest BCUT2D eigenvalue weighted by molar-refractivity contribution is -0.119. The molecule has 4 aromatic rings. The molecule has 0 aliphatic heterocycles. The Morgan fingerprint density at radius 2 is 1.82 bits per heavy atom. The van der Waals surface area contributed by atoms with Crippen molar-refractivity contribution in [1.29, 1.82) is 0 Å². The predicted octanol–water partition coefficient (Wildman–Crippen LogP) is 5.96. The number of hydrogen-bond donors (Lipinski definition) is 1. The molecule has 0 radical (unpaired) electrons. The van der Waals surface area contributed by atoms with Gasteiger partial charge in [0.1, 0.15) is 4.83 Å². The van der Waals surface area contributed by atoms with E-state index in [2.05, 4.69) is 17.4 Å². The number of aromatic nitrogens is 2. The summed E-state index contributed by atoms with van der Waals surface area (Å²) in [6, 6.07) is 18.0. The maximum Gasteiger partial charge on any atom is 0.268 e. The first-order chi connectivity index (χ1) is 16.6. The van der Waals surface area contributed by atoms with E-state index in [1.165, 1.54) is 47.9 Å². The van der Waals surface area contributed by atoms with Gasteiger partial charge in [-0.1, -0.05) is 79.1 Å². The van der Waals surface area contributed by atoms with Crippen molar-refractivity contribution >= 4 is 39.2 Å². The number of para-hydroxylation sites is 1. The number of benzene rings is 2. The van der Waals surface area contributed by atoms with Crippen LogP contribution in [0.4, 0.5) is 0 Å². The molecule has 5 nitrogen and oxygen atoms in total. The van der Waals surface area contributed by atoms with Crippen LogP contribution in [0.2, 0.25) is 0 Å². The number of fused-ring (bicyclic) bond motifs is 1. The average molecular weight is 490 g/mol. The summed E-state index contributed by atoms with van der Waals surface area (Å²) < 4.78 is 1.64. The van der Waals surface area contributed by atoms with Gasteiger partial charge in [0.15, 0.2) is 5.16 Å². The van der Waals surface area contributed by atoms with Crippen LogP contribution >= 0.6 is 23.1 Å². The molecule has 1 saturated carbocycles. The highest BCUT2D eigenvalue weighted by molar-refractivity contribution is 7.99. The molecule has 174 valence electrons. The normalized spacial score (nSPS) is 14.4. The minimum Gasteiger partial charge on any atom is -0.353 e. The molecule has 0 bridgehead atoms. The number of aryl methyl sites for hydroxylation is 1. The van der Waals surface area contributed by atoms with Crippen molar-refractivity contribution in [2.24, 2.45) is 0 Å². The Balaban J connectivity index is 1.51. The van der Waals surface area contributed by atoms with Gasteiger partial charge in [-0.15, -0.1) is 11.3 Å². The number of carbonyl (C=O) groups excluding carboxylic acids is 1. The van der Waals surface area contributed by atoms with E-state index in [1.54, 1.807) is 4.57 Å². The number of thiophene rings is 1. The largest absolute Gasteiger partial charge is 0.353 e. The Kier molecular flexibility index (Phi) is 6.83. The van der Waals surface area contributed by atoms with E-state index in [9.17, 15) is 9.59 Å². The SMILES string of the molecule is Cc1ccc(-c2csc3nc(SCC(=O)NC4CCCCC4)n(-c4ccccc4)c(=O)c23)cc1. The van der Waals surface area contributed by atoms with Crippen LogP contribution in [0, 0.1) is 6.92 Å². The second-order valence-electron chi connectivity index (χ2n) is 8.76. The molecule has 2 heterocycles. The molecule has 2 aromatic carbocycles. The van der Waals surface area contributed by atoms with Gasteiger partial charge in [-0.25, -0.2) is 4.98 Å². The van der Waals surface area contributed by atoms with Crippen molar-refractivity contribution in [1.82, 2.24) is 14.9 Å². The van der Waals surface area contributed by atoms with Gasteiger partial charge in [0.2, 0.25) is 5.91 Å². The topological polar surface area (TPSA) is 64.0 Å². The summed E-state index contributed by atoms with van der Waals surface area (Å²) in [4.78, 5) is 32.1. The molecule has 1 N–H and O–H groups in total. The minimum absolute atomic E-state index is 0.00242. The summed E-state index contributed by atoms with van der Waals surface area (Å²) in [5.41, 5.74) is 3.71. The average Bonchev–Trinajstić information content (AvgIpc) is 3.29. The maximum atomic E-state index is 13.8. The maximum absolute atomic E-state index is 13.8. The Hall–Kier alpha value is -2.90. The van der Waals surface area contributed by atoms with E-state index >= 15 is 0 Å². The van der Waals surface area contributed by atoms with Gasteiger partial charge in [-0.3, -0.25) is 14.2 Å². The van der Waals surface area contributed by atoms with Crippen molar-refractivity contribution in [3.8, 4) is 16.8 Å². The predicted molar refractivity (Wildman–Crippen MR) is 141 cm³/mol. The fraction of sp³-hybridized carbons (Fsp3) is 0.296. The van der Waals surface area contributed by atoms with E-state index in [0.29, 0.717) is 15.4 Å². The van der Waals surface area contributed by atoms with E-state index in [1.807, 2.05) is 54.8 Å². The lowest BCUT2D eigenvalue weighted by Gasteiger charge is -2.22. The summed E-state index contributed by atoms with van der Waals surface area (Å²) in [6.07, 6.45) is 5.69. The number of carbonyl (C=O) groups is 1. The lowest BCUT2D eigenvalue weighted by atomic mass is 9.95. The van der Waals surface area contributed by atoms with Gasteiger partial charge in [0.25, 0.3) is 5.56 Å². The molecule has 0 atom stereocenters. The second-order valence-corrected chi connectivity index (χ2v) is 10.6. The second kappa shape index (κ2) is 10.2. The first-order valence-corrected chi connectivity index (χ1v) is 13.6. The molecule has 1 amide bonds. The number of hydrogen-bond acceptors (Lipinski definition) is 5. The van der Waals surface area contributed by atoms with Crippen LogP contribution < -0.4 is 10.9 Å². The molecule has 1 aliphatic carbocycles. The quantitative estimate of drug-likeness (QED) is 0.268. The summed E-state index contributed by atoms with van der Waals surface area (Å²) in [5, 5.41) is 6.32. The molecule has 34 heavy (non-hydrogen) atoms. The summed E-state index contributed by atoms with van der Waals surface area (Å²) in [5.74, 6) is 0.231. The first-order valence-electron chi connectivity index (χ1n) is 11.7. The summed E-state index contributed by atoms with van der Waals surface area (Å²) >= 11 is 2.79. The third-order valence-electron chi connectivity index (χ3n) is 6.26. The van der Waals surface area contributed by atoms with E-state index in [4.69, 9.17) is 4.98 Å². The standard InChI is InChI=1S/C27H27N3O2S2/c1-18-12-14-19(15-13-18)22-16-33-25-24(22)26(32)30(21-10-6-3-7-11-21)27(29-25)34-17-23(31)28-20-8-4-2-5-9-20/h3,6-7,10-16,20H,2,4-5,8-9,17H2,1H3,(H,28,31). The van der Waals surface area contributed by atoms with Crippen molar-refractivity contribution in [3.63, 3.8) is 0 Å². The molecule has 1 fully saturated rings. The molecule has 0 unspecified atom stereocenters. The Labute approximate surface area is 207 Å². The zero-order valence-electron chi connectivity index (χ0n) is 19.1. The van der Waals surface area contributed by atoms with Crippen molar-refractivity contribution in [3.05, 3.63) is 75.9 Å². The van der Waals surface area contributed by atoms with E-state index in [0.717, 1.165) is 29.7 Å². The van der Waals surface area contributed by atoms with Crippen LogP contribution in [0.5, 0.6) is 0 Å². The van der Waals surface area contributed by atoms with Crippen molar-refractivity contribution in [2.75, 3.05) is 5.75 Å². The fourth-order valence-electron chi connectivity index (χ4n) is 4.47. The summed E-state index contributed by atoms with van der Waals surface area (Å²) in [7, 11) is 0. The van der Waals surface area contributed by atoms with Crippen molar-refractivity contribution < 1.29 is 4.79 Å². The zero-order valence-corrected chi connectivity index (χ0v) is 20.8. The van der Waals surface area contributed by atoms with Gasteiger partial charge in [-0.05, 0) is 37.5 Å². The molecule has 7 heteroatoms. The molecular formula is C27H27N3O2S2. The van der Waals surface area contributed by atoms with Crippen LogP contribution in [0.3, 0.4) is 0 Å². The summed E-state index contributed by atoms with van der Waals surface area (Å²) in [6.45, 7) is 2.05. The molecule has 2 aromatic heterocycles. The number of nitrogens with zero attached hydrogens (tertiary/aromatic N) is 2. The van der Waals surface area contributed by atoms with Gasteiger partial charge in [0.05, 0.1) is 16.8 Å². The first kappa shape index (κ1) is 22.9. The van der Waals surface area contributed by atoms with Crippen LogP contribution in [0.15, 0.2) is 69.9 Å². The Morgan fingerprint density at radius 1 is 1.09 bits per heavy atom. The Bertz CT molecular complexity index is 1350. The number of rotatable bonds is 6. The molecular weight excluding hydrogens is 462 g/mol. The molecule has 5 rings (SSSR count). The molecule has 0 saturated heterocycles. The molecule has 1 aliphatic rings. The van der Waals surface area contributed by atoms with Gasteiger partial charge in [0, 0.05) is 17.0 Å². The Morgan fingerprint density at radius 3 is 2.56 bits per heavy atom. The third kappa shape index (κ3) is 4.81. The zero-order chi connectivity index (χ0) is 23.5. The highest BCUT2D eigenvalue weighted by atomic mass is 32.2. The van der Waals surface area contributed by atoms with Gasteiger partial charge < -0.3 is 5.32 Å². The monoisotopic (exact) mass is 489 g/mol.